The zero-order valence-corrected chi connectivity index (χ0v) is 29.0. The minimum atomic E-state index is -1.53. The first kappa shape index (κ1) is 37.3. The van der Waals surface area contributed by atoms with Crippen LogP contribution in [0.3, 0.4) is 0 Å². The zero-order chi connectivity index (χ0) is 37.0. The van der Waals surface area contributed by atoms with Gasteiger partial charge in [-0.15, -0.1) is 10.2 Å². The molecule has 0 bridgehead atoms. The molecule has 5 aromatic rings. The lowest BCUT2D eigenvalue weighted by Crippen LogP contribution is -2.51. The van der Waals surface area contributed by atoms with Crippen molar-refractivity contribution >= 4 is 35.3 Å². The molecule has 0 aliphatic heterocycles. The number of nitrogens with one attached hydrogen (secondary N) is 4. The number of hydrogen-bond acceptors (Lipinski definition) is 9. The molecule has 3 amide bonds. The molecule has 5 rings (SSSR count). The van der Waals surface area contributed by atoms with Gasteiger partial charge in [0.15, 0.2) is 5.15 Å². The van der Waals surface area contributed by atoms with Gasteiger partial charge in [-0.2, -0.15) is 5.21 Å². The summed E-state index contributed by atoms with van der Waals surface area (Å²) < 4.78 is 1.92. The SMILES string of the molecule is CCCCc1nc(Cl)c(CNC(=O)[C@@H](CC(=O)O)NC(=O)C(Cc2ccccc2)C(=O)NO)n1Cc1ccc(-c2ccccc2-c2nn[nH]n2)cc1. The molecule has 0 radical (unpaired) electrons. The van der Waals surface area contributed by atoms with Crippen LogP contribution < -0.4 is 16.1 Å². The highest BCUT2D eigenvalue weighted by Crippen LogP contribution is 2.30. The van der Waals surface area contributed by atoms with E-state index < -0.39 is 42.1 Å². The Kier molecular flexibility index (Phi) is 12.8. The van der Waals surface area contributed by atoms with Gasteiger partial charge in [0.1, 0.15) is 17.8 Å². The van der Waals surface area contributed by atoms with Crippen LogP contribution in [0.2, 0.25) is 5.15 Å². The monoisotopic (exact) mass is 727 g/mol. The largest absolute Gasteiger partial charge is 0.481 e. The van der Waals surface area contributed by atoms with E-state index in [1.165, 1.54) is 5.48 Å². The summed E-state index contributed by atoms with van der Waals surface area (Å²) in [6.07, 6.45) is 1.55. The number of carbonyl (C=O) groups excluding carboxylic acids is 3. The fourth-order valence-electron chi connectivity index (χ4n) is 5.75. The number of carboxylic acids is 1. The first-order chi connectivity index (χ1) is 25.2. The third-order valence-electron chi connectivity index (χ3n) is 8.44. The number of rotatable bonds is 17. The number of hydroxylamine groups is 1. The number of aromatic amines is 1. The average molecular weight is 728 g/mol. The molecule has 52 heavy (non-hydrogen) atoms. The standard InChI is InChI=1S/C36H38ClN9O6/c1-2-3-13-30-40-32(37)29(46(30)21-23-14-16-24(17-15-23)25-11-7-8-12-26(25)33-41-44-45-42-33)20-38-36(51)28(19-31(47)48)39-34(49)27(35(50)43-52)18-22-9-5-4-6-10-22/h4-12,14-17,27-28,52H,2-3,13,18-21H2,1H3,(H,38,51)(H,39,49)(H,43,50)(H,47,48)(H,41,42,44,45)/t27?,28-/m1/s1. The first-order valence-electron chi connectivity index (χ1n) is 16.6. The Hall–Kier alpha value is -5.93. The van der Waals surface area contributed by atoms with Gasteiger partial charge in [0.05, 0.1) is 18.7 Å². The molecular weight excluding hydrogens is 690 g/mol. The molecule has 1 unspecified atom stereocenters. The van der Waals surface area contributed by atoms with E-state index in [4.69, 9.17) is 11.6 Å². The second-order valence-electron chi connectivity index (χ2n) is 12.0. The molecule has 6 N–H and O–H groups in total. The van der Waals surface area contributed by atoms with Crippen molar-refractivity contribution in [1.82, 2.24) is 46.3 Å². The number of aromatic nitrogens is 6. The summed E-state index contributed by atoms with van der Waals surface area (Å²) in [5, 5.41) is 38.5. The van der Waals surface area contributed by atoms with Gasteiger partial charge in [-0.05, 0) is 40.3 Å². The molecule has 0 spiro atoms. The van der Waals surface area contributed by atoms with Crippen molar-refractivity contribution in [2.24, 2.45) is 5.92 Å². The molecule has 0 fully saturated rings. The fourth-order valence-corrected chi connectivity index (χ4v) is 6.01. The highest BCUT2D eigenvalue weighted by molar-refractivity contribution is 6.30. The van der Waals surface area contributed by atoms with E-state index in [0.717, 1.165) is 40.9 Å². The highest BCUT2D eigenvalue weighted by atomic mass is 35.5. The number of unbranched alkanes of at least 4 members (excludes halogenated alkanes) is 1. The normalized spacial score (nSPS) is 12.1. The Balaban J connectivity index is 1.34. The number of tetrazole rings is 1. The third kappa shape index (κ3) is 9.44. The van der Waals surface area contributed by atoms with Crippen molar-refractivity contribution < 1.29 is 29.5 Å². The number of nitrogens with zero attached hydrogens (tertiary/aromatic N) is 5. The van der Waals surface area contributed by atoms with Crippen LogP contribution >= 0.6 is 11.6 Å². The number of benzene rings is 3. The highest BCUT2D eigenvalue weighted by Gasteiger charge is 2.32. The lowest BCUT2D eigenvalue weighted by Gasteiger charge is -2.21. The third-order valence-corrected chi connectivity index (χ3v) is 8.75. The minimum Gasteiger partial charge on any atom is -0.481 e. The zero-order valence-electron chi connectivity index (χ0n) is 28.3. The molecule has 0 saturated heterocycles. The summed E-state index contributed by atoms with van der Waals surface area (Å²) in [6.45, 7) is 2.32. The van der Waals surface area contributed by atoms with Crippen LogP contribution in [0.4, 0.5) is 0 Å². The molecule has 270 valence electrons. The van der Waals surface area contributed by atoms with Crippen molar-refractivity contribution in [2.45, 2.75) is 58.2 Å². The van der Waals surface area contributed by atoms with Crippen LogP contribution in [0.25, 0.3) is 22.5 Å². The van der Waals surface area contributed by atoms with E-state index >= 15 is 0 Å². The fraction of sp³-hybridized carbons (Fsp3) is 0.278. The number of carboxylic acid groups (broad SMARTS) is 1. The first-order valence-corrected chi connectivity index (χ1v) is 17.0. The summed E-state index contributed by atoms with van der Waals surface area (Å²) >= 11 is 6.63. The number of H-pyrrole nitrogens is 1. The molecule has 3 aromatic carbocycles. The lowest BCUT2D eigenvalue weighted by molar-refractivity contribution is -0.143. The Morgan fingerprint density at radius 2 is 1.62 bits per heavy atom. The molecule has 0 aliphatic rings. The summed E-state index contributed by atoms with van der Waals surface area (Å²) in [6, 6.07) is 22.7. The van der Waals surface area contributed by atoms with E-state index in [-0.39, 0.29) is 18.1 Å². The van der Waals surface area contributed by atoms with Gasteiger partial charge in [0.25, 0.3) is 5.91 Å². The van der Waals surface area contributed by atoms with E-state index in [1.54, 1.807) is 30.3 Å². The second kappa shape index (κ2) is 17.8. The number of aliphatic carboxylic acids is 1. The van der Waals surface area contributed by atoms with Crippen LogP contribution in [0.1, 0.15) is 48.8 Å². The van der Waals surface area contributed by atoms with Crippen molar-refractivity contribution in [3.8, 4) is 22.5 Å². The van der Waals surface area contributed by atoms with Crippen molar-refractivity contribution in [2.75, 3.05) is 0 Å². The number of hydrogen-bond donors (Lipinski definition) is 6. The van der Waals surface area contributed by atoms with Crippen LogP contribution in [0.5, 0.6) is 0 Å². The maximum absolute atomic E-state index is 13.4. The van der Waals surface area contributed by atoms with E-state index in [1.807, 2.05) is 53.1 Å². The van der Waals surface area contributed by atoms with Gasteiger partial charge in [0.2, 0.25) is 17.6 Å². The summed E-state index contributed by atoms with van der Waals surface area (Å²) in [4.78, 5) is 55.4. The molecule has 16 heteroatoms. The predicted octanol–water partition coefficient (Wildman–Crippen LogP) is 3.71. The molecule has 0 saturated carbocycles. The predicted molar refractivity (Wildman–Crippen MR) is 190 cm³/mol. The molecule has 2 atom stereocenters. The summed E-state index contributed by atoms with van der Waals surface area (Å²) in [5.41, 5.74) is 6.22. The van der Waals surface area contributed by atoms with Gasteiger partial charge in [0, 0.05) is 18.5 Å². The molecule has 2 aromatic heterocycles. The quantitative estimate of drug-likeness (QED) is 0.0464. The Morgan fingerprint density at radius 1 is 0.904 bits per heavy atom. The molecule has 0 aliphatic carbocycles. The van der Waals surface area contributed by atoms with E-state index in [9.17, 15) is 29.5 Å². The van der Waals surface area contributed by atoms with Gasteiger partial charge in [-0.3, -0.25) is 24.4 Å². The topological polar surface area (TPSA) is 217 Å². The Labute approximate surface area is 303 Å². The van der Waals surface area contributed by atoms with E-state index in [0.29, 0.717) is 30.0 Å². The number of imidazole rings is 1. The van der Waals surface area contributed by atoms with Gasteiger partial charge in [-0.25, -0.2) is 10.5 Å². The number of halogens is 1. The van der Waals surface area contributed by atoms with Gasteiger partial charge >= 0.3 is 5.97 Å². The Bertz CT molecular complexity index is 1990. The maximum atomic E-state index is 13.4. The molecular formula is C36H38ClN9O6. The van der Waals surface area contributed by atoms with Crippen molar-refractivity contribution in [3.05, 3.63) is 107 Å². The second-order valence-corrected chi connectivity index (χ2v) is 12.4. The molecule has 15 nitrogen and oxygen atoms in total. The van der Waals surface area contributed by atoms with Crippen LogP contribution in [0.15, 0.2) is 78.9 Å². The lowest BCUT2D eigenvalue weighted by atomic mass is 9.97. The van der Waals surface area contributed by atoms with E-state index in [2.05, 4.69) is 43.2 Å². The van der Waals surface area contributed by atoms with Crippen LogP contribution in [-0.4, -0.2) is 70.2 Å². The van der Waals surface area contributed by atoms with Crippen LogP contribution in [0, 0.1) is 5.92 Å². The number of aryl methyl sites for hydroxylation is 1. The summed E-state index contributed by atoms with van der Waals surface area (Å²) in [5.74, 6) is -4.32. The molecule has 2 heterocycles. The Morgan fingerprint density at radius 3 is 2.27 bits per heavy atom. The van der Waals surface area contributed by atoms with Gasteiger partial charge in [-0.1, -0.05) is 104 Å². The summed E-state index contributed by atoms with van der Waals surface area (Å²) in [7, 11) is 0. The van der Waals surface area contributed by atoms with Crippen molar-refractivity contribution in [1.29, 1.82) is 0 Å². The minimum absolute atomic E-state index is 0.0951. The van der Waals surface area contributed by atoms with Crippen molar-refractivity contribution in [3.63, 3.8) is 0 Å². The number of amides is 3. The smallest absolute Gasteiger partial charge is 0.305 e. The number of carbonyl (C=O) groups is 4. The average Bonchev–Trinajstić information content (AvgIpc) is 3.80. The van der Waals surface area contributed by atoms with Crippen LogP contribution in [-0.2, 0) is 45.1 Å². The van der Waals surface area contributed by atoms with Gasteiger partial charge < -0.3 is 20.3 Å². The maximum Gasteiger partial charge on any atom is 0.305 e.